The van der Waals surface area contributed by atoms with Gasteiger partial charge in [0.15, 0.2) is 0 Å². The number of benzene rings is 2. The van der Waals surface area contributed by atoms with Gasteiger partial charge in [0, 0.05) is 18.5 Å². The lowest BCUT2D eigenvalue weighted by Gasteiger charge is -2.12. The largest absolute Gasteiger partial charge is 0.508 e. The third-order valence-electron chi connectivity index (χ3n) is 3.78. The lowest BCUT2D eigenvalue weighted by molar-refractivity contribution is 0.0958. The van der Waals surface area contributed by atoms with Crippen molar-refractivity contribution in [2.24, 2.45) is 0 Å². The second kappa shape index (κ2) is 5.22. The van der Waals surface area contributed by atoms with Crippen LogP contribution in [0.25, 0.3) is 10.8 Å². The van der Waals surface area contributed by atoms with Crippen LogP contribution >= 0.6 is 0 Å². The zero-order valence-electron chi connectivity index (χ0n) is 12.4. The molecule has 0 bridgehead atoms. The standard InChI is InChI=1S/C18H17NO3/c1-11(2)14-7-15(17(21)8-16(14)20)18(22)19-9-12-5-3-4-6-13(12)10-19/h3-11,20-21H,1-2H3. The fraction of sp³-hybridized carbons (Fsp3) is 0.167. The van der Waals surface area contributed by atoms with E-state index in [1.54, 1.807) is 18.5 Å². The fourth-order valence-corrected chi connectivity index (χ4v) is 2.57. The number of fused-ring (bicyclic) bond motifs is 1. The average Bonchev–Trinajstić information content (AvgIpc) is 2.90. The van der Waals surface area contributed by atoms with Crippen LogP contribution < -0.4 is 0 Å². The summed E-state index contributed by atoms with van der Waals surface area (Å²) in [4.78, 5) is 12.6. The molecule has 0 atom stereocenters. The number of hydrogen-bond acceptors (Lipinski definition) is 3. The first-order valence-electron chi connectivity index (χ1n) is 7.14. The summed E-state index contributed by atoms with van der Waals surface area (Å²) in [5, 5.41) is 21.8. The van der Waals surface area contributed by atoms with E-state index in [2.05, 4.69) is 0 Å². The van der Waals surface area contributed by atoms with Gasteiger partial charge in [0.05, 0.1) is 5.56 Å². The molecule has 1 aromatic heterocycles. The number of carbonyl (C=O) groups is 1. The molecular formula is C18H17NO3. The molecule has 0 aliphatic heterocycles. The number of phenolic OH excluding ortho intramolecular Hbond substituents is 2. The predicted molar refractivity (Wildman–Crippen MR) is 85.5 cm³/mol. The monoisotopic (exact) mass is 295 g/mol. The highest BCUT2D eigenvalue weighted by Crippen LogP contribution is 2.32. The van der Waals surface area contributed by atoms with Crippen LogP contribution in [0.15, 0.2) is 48.8 Å². The zero-order chi connectivity index (χ0) is 15.9. The van der Waals surface area contributed by atoms with Crippen molar-refractivity contribution in [3.63, 3.8) is 0 Å². The Bertz CT molecular complexity index is 829. The quantitative estimate of drug-likeness (QED) is 0.754. The summed E-state index contributed by atoms with van der Waals surface area (Å²) in [6, 6.07) is 10.5. The summed E-state index contributed by atoms with van der Waals surface area (Å²) >= 11 is 0. The summed E-state index contributed by atoms with van der Waals surface area (Å²) in [5.41, 5.74) is 0.819. The van der Waals surface area contributed by atoms with Gasteiger partial charge < -0.3 is 10.2 Å². The molecule has 0 saturated heterocycles. The van der Waals surface area contributed by atoms with Crippen LogP contribution in [0.2, 0.25) is 0 Å². The number of rotatable bonds is 2. The maximum absolute atomic E-state index is 12.6. The number of carbonyl (C=O) groups excluding carboxylic acids is 1. The van der Waals surface area contributed by atoms with Crippen LogP contribution in [0, 0.1) is 0 Å². The predicted octanol–water partition coefficient (Wildman–Crippen LogP) is 3.86. The van der Waals surface area contributed by atoms with E-state index in [0.29, 0.717) is 5.56 Å². The van der Waals surface area contributed by atoms with Gasteiger partial charge >= 0.3 is 0 Å². The summed E-state index contributed by atoms with van der Waals surface area (Å²) in [5.74, 6) is -0.488. The number of aromatic nitrogens is 1. The average molecular weight is 295 g/mol. The van der Waals surface area contributed by atoms with Gasteiger partial charge in [-0.15, -0.1) is 0 Å². The molecule has 112 valence electrons. The van der Waals surface area contributed by atoms with Crippen molar-refractivity contribution in [1.82, 2.24) is 4.57 Å². The molecule has 0 unspecified atom stereocenters. The molecule has 22 heavy (non-hydrogen) atoms. The van der Waals surface area contributed by atoms with E-state index in [9.17, 15) is 15.0 Å². The van der Waals surface area contributed by atoms with E-state index < -0.39 is 0 Å². The van der Waals surface area contributed by atoms with Crippen molar-refractivity contribution < 1.29 is 15.0 Å². The van der Waals surface area contributed by atoms with Crippen LogP contribution in [0.3, 0.4) is 0 Å². The van der Waals surface area contributed by atoms with Crippen LogP contribution in [0.4, 0.5) is 0 Å². The Kier molecular flexibility index (Phi) is 3.37. The zero-order valence-corrected chi connectivity index (χ0v) is 12.4. The van der Waals surface area contributed by atoms with Gasteiger partial charge in [0.25, 0.3) is 5.91 Å². The van der Waals surface area contributed by atoms with Gasteiger partial charge in [-0.05, 0) is 28.3 Å². The van der Waals surface area contributed by atoms with Gasteiger partial charge in [-0.1, -0.05) is 38.1 Å². The molecule has 0 amide bonds. The second-order valence-corrected chi connectivity index (χ2v) is 5.68. The van der Waals surface area contributed by atoms with Crippen molar-refractivity contribution in [1.29, 1.82) is 0 Å². The molecule has 0 fully saturated rings. The summed E-state index contributed by atoms with van der Waals surface area (Å²) in [6.45, 7) is 3.84. The van der Waals surface area contributed by atoms with Crippen LogP contribution in [0.5, 0.6) is 11.5 Å². The van der Waals surface area contributed by atoms with E-state index in [1.165, 1.54) is 10.6 Å². The smallest absolute Gasteiger partial charge is 0.265 e. The van der Waals surface area contributed by atoms with Crippen molar-refractivity contribution in [3.8, 4) is 11.5 Å². The maximum atomic E-state index is 12.6. The minimum atomic E-state index is -0.324. The van der Waals surface area contributed by atoms with Crippen LogP contribution in [0.1, 0.15) is 35.7 Å². The molecule has 2 N–H and O–H groups in total. The lowest BCUT2D eigenvalue weighted by Crippen LogP contribution is -2.10. The molecule has 0 aliphatic rings. The maximum Gasteiger partial charge on any atom is 0.265 e. The molecule has 0 saturated carbocycles. The van der Waals surface area contributed by atoms with Crippen molar-refractivity contribution >= 4 is 16.7 Å². The highest BCUT2D eigenvalue weighted by molar-refractivity contribution is 6.01. The van der Waals surface area contributed by atoms with E-state index in [1.807, 2.05) is 38.1 Å². The Morgan fingerprint density at radius 3 is 2.14 bits per heavy atom. The van der Waals surface area contributed by atoms with Gasteiger partial charge in [-0.2, -0.15) is 0 Å². The van der Waals surface area contributed by atoms with E-state index in [-0.39, 0.29) is 28.9 Å². The van der Waals surface area contributed by atoms with Gasteiger partial charge in [0.2, 0.25) is 0 Å². The molecular weight excluding hydrogens is 278 g/mol. The van der Waals surface area contributed by atoms with Crippen molar-refractivity contribution in [2.75, 3.05) is 0 Å². The van der Waals surface area contributed by atoms with Gasteiger partial charge in [-0.3, -0.25) is 9.36 Å². The Morgan fingerprint density at radius 2 is 1.59 bits per heavy atom. The molecule has 4 nitrogen and oxygen atoms in total. The third-order valence-corrected chi connectivity index (χ3v) is 3.78. The molecule has 0 radical (unpaired) electrons. The molecule has 0 aliphatic carbocycles. The Morgan fingerprint density at radius 1 is 1.00 bits per heavy atom. The SMILES string of the molecule is CC(C)c1cc(C(=O)n2cc3ccccc3c2)c(O)cc1O. The van der Waals surface area contributed by atoms with Crippen molar-refractivity contribution in [3.05, 3.63) is 59.9 Å². The number of aromatic hydroxyl groups is 2. The molecule has 1 heterocycles. The Balaban J connectivity index is 2.10. The van der Waals surface area contributed by atoms with Crippen LogP contribution in [-0.4, -0.2) is 20.7 Å². The first-order valence-corrected chi connectivity index (χ1v) is 7.14. The molecule has 3 rings (SSSR count). The van der Waals surface area contributed by atoms with Crippen LogP contribution in [-0.2, 0) is 0 Å². The highest BCUT2D eigenvalue weighted by atomic mass is 16.3. The molecule has 0 spiro atoms. The Labute approximate surface area is 128 Å². The van der Waals surface area contributed by atoms with Gasteiger partial charge in [-0.25, -0.2) is 0 Å². The third kappa shape index (κ3) is 2.33. The highest BCUT2D eigenvalue weighted by Gasteiger charge is 2.18. The lowest BCUT2D eigenvalue weighted by atomic mass is 9.98. The van der Waals surface area contributed by atoms with E-state index in [0.717, 1.165) is 10.8 Å². The van der Waals surface area contributed by atoms with Crippen molar-refractivity contribution in [2.45, 2.75) is 19.8 Å². The minimum Gasteiger partial charge on any atom is -0.508 e. The Hall–Kier alpha value is -2.75. The normalized spacial score (nSPS) is 11.2. The molecule has 2 aromatic carbocycles. The molecule has 3 aromatic rings. The first-order chi connectivity index (χ1) is 10.5. The first kappa shape index (κ1) is 14.2. The topological polar surface area (TPSA) is 62.5 Å². The number of nitrogens with zero attached hydrogens (tertiary/aromatic N) is 1. The number of hydrogen-bond donors (Lipinski definition) is 2. The minimum absolute atomic E-state index is 0.00159. The van der Waals surface area contributed by atoms with E-state index >= 15 is 0 Å². The number of phenols is 2. The summed E-state index contributed by atoms with van der Waals surface area (Å²) < 4.78 is 1.46. The molecule has 4 heteroatoms. The van der Waals surface area contributed by atoms with Gasteiger partial charge in [0.1, 0.15) is 11.5 Å². The van der Waals surface area contributed by atoms with E-state index in [4.69, 9.17) is 0 Å². The summed E-state index contributed by atoms with van der Waals surface area (Å²) in [7, 11) is 0. The summed E-state index contributed by atoms with van der Waals surface area (Å²) in [6.07, 6.45) is 3.47. The second-order valence-electron chi connectivity index (χ2n) is 5.68. The fourth-order valence-electron chi connectivity index (χ4n) is 2.57.